The summed E-state index contributed by atoms with van der Waals surface area (Å²) in [4.78, 5) is 28.0. The first-order valence-corrected chi connectivity index (χ1v) is 8.06. The van der Waals surface area contributed by atoms with Crippen LogP contribution in [0.5, 0.6) is 0 Å². The molecular weight excluding hydrogens is 370 g/mol. The predicted molar refractivity (Wildman–Crippen MR) is 98.5 cm³/mol. The number of ketones is 1. The van der Waals surface area contributed by atoms with Crippen molar-refractivity contribution >= 4 is 50.0 Å². The van der Waals surface area contributed by atoms with Crippen molar-refractivity contribution in [3.63, 3.8) is 0 Å². The highest BCUT2D eigenvalue weighted by Crippen LogP contribution is 2.28. The number of halogens is 1. The van der Waals surface area contributed by atoms with Crippen molar-refractivity contribution in [1.82, 2.24) is 4.98 Å². The number of amides is 2. The number of aromatic nitrogens is 1. The first kappa shape index (κ1) is 16.1. The zero-order chi connectivity index (χ0) is 17.1. The molecule has 0 atom stereocenters. The number of urea groups is 1. The molecule has 0 aliphatic carbocycles. The van der Waals surface area contributed by atoms with Crippen LogP contribution in [-0.2, 0) is 0 Å². The van der Waals surface area contributed by atoms with Crippen molar-refractivity contribution < 1.29 is 9.59 Å². The van der Waals surface area contributed by atoms with Gasteiger partial charge in [0.05, 0.1) is 11.2 Å². The largest absolute Gasteiger partial charge is 0.323 e. The molecule has 1 aromatic heterocycles. The number of fused-ring (bicyclic) bond motifs is 1. The second-order valence-corrected chi connectivity index (χ2v) is 6.06. The van der Waals surface area contributed by atoms with Gasteiger partial charge in [0.25, 0.3) is 0 Å². The fraction of sp³-hybridized carbons (Fsp3) is 0.0556. The van der Waals surface area contributed by atoms with Crippen molar-refractivity contribution in [1.29, 1.82) is 0 Å². The van der Waals surface area contributed by atoms with Crippen LogP contribution in [0.2, 0.25) is 0 Å². The Bertz CT molecular complexity index is 940. The zero-order valence-electron chi connectivity index (χ0n) is 12.8. The molecule has 0 spiro atoms. The summed E-state index contributed by atoms with van der Waals surface area (Å²) < 4.78 is 0.908. The molecule has 2 N–H and O–H groups in total. The molecule has 0 fully saturated rings. The maximum absolute atomic E-state index is 12.2. The van der Waals surface area contributed by atoms with Crippen molar-refractivity contribution in [3.8, 4) is 0 Å². The molecule has 3 rings (SSSR count). The number of carbonyl (C=O) groups is 2. The number of pyridine rings is 1. The number of carbonyl (C=O) groups excluding carboxylic acids is 2. The highest BCUT2D eigenvalue weighted by Gasteiger charge is 2.09. The summed E-state index contributed by atoms with van der Waals surface area (Å²) >= 11 is 3.47. The maximum atomic E-state index is 12.2. The van der Waals surface area contributed by atoms with Gasteiger partial charge in [-0.1, -0.05) is 34.1 Å². The molecule has 5 nitrogen and oxygen atoms in total. The Morgan fingerprint density at radius 1 is 1.04 bits per heavy atom. The Hall–Kier alpha value is -2.73. The third-order valence-corrected chi connectivity index (χ3v) is 4.18. The summed E-state index contributed by atoms with van der Waals surface area (Å²) in [6.45, 7) is 1.48. The fourth-order valence-corrected chi connectivity index (χ4v) is 2.79. The Morgan fingerprint density at radius 3 is 2.67 bits per heavy atom. The van der Waals surface area contributed by atoms with E-state index < -0.39 is 6.03 Å². The normalized spacial score (nSPS) is 10.4. The highest BCUT2D eigenvalue weighted by molar-refractivity contribution is 9.10. The number of nitrogens with one attached hydrogen (secondary N) is 2. The highest BCUT2D eigenvalue weighted by atomic mass is 79.9. The van der Waals surface area contributed by atoms with Crippen LogP contribution in [-0.4, -0.2) is 16.8 Å². The smallest absolute Gasteiger partial charge is 0.308 e. The van der Waals surface area contributed by atoms with Gasteiger partial charge >= 0.3 is 6.03 Å². The molecule has 120 valence electrons. The van der Waals surface area contributed by atoms with E-state index in [1.54, 1.807) is 36.5 Å². The van der Waals surface area contributed by atoms with E-state index in [-0.39, 0.29) is 5.78 Å². The summed E-state index contributed by atoms with van der Waals surface area (Å²) in [5.41, 5.74) is 2.40. The van der Waals surface area contributed by atoms with Crippen molar-refractivity contribution in [2.75, 3.05) is 10.6 Å². The summed E-state index contributed by atoms with van der Waals surface area (Å²) in [5.74, 6) is -0.0536. The standard InChI is InChI=1S/C18H14BrN3O2/c1-11(23)12-4-2-5-13(10-12)21-18(24)22-16-8-7-15(19)14-6-3-9-20-17(14)16/h2-10H,1H3,(H2,21,22,24). The monoisotopic (exact) mass is 383 g/mol. The molecule has 0 radical (unpaired) electrons. The second-order valence-electron chi connectivity index (χ2n) is 5.21. The van der Waals surface area contributed by atoms with Crippen LogP contribution >= 0.6 is 15.9 Å². The van der Waals surface area contributed by atoms with Crippen LogP contribution in [0, 0.1) is 0 Å². The predicted octanol–water partition coefficient (Wildman–Crippen LogP) is 4.84. The van der Waals surface area contributed by atoms with Gasteiger partial charge in [0.2, 0.25) is 0 Å². The topological polar surface area (TPSA) is 71.1 Å². The summed E-state index contributed by atoms with van der Waals surface area (Å²) in [5, 5.41) is 6.43. The first-order valence-electron chi connectivity index (χ1n) is 7.27. The molecule has 2 aromatic carbocycles. The average Bonchev–Trinajstić information content (AvgIpc) is 2.58. The third kappa shape index (κ3) is 3.44. The van der Waals surface area contributed by atoms with Crippen LogP contribution in [0.15, 0.2) is 59.2 Å². The number of anilines is 2. The molecule has 0 saturated carbocycles. The van der Waals surface area contributed by atoms with Crippen molar-refractivity contribution in [2.24, 2.45) is 0 Å². The molecule has 3 aromatic rings. The molecule has 0 unspecified atom stereocenters. The molecule has 0 saturated heterocycles. The minimum absolute atomic E-state index is 0.0536. The third-order valence-electron chi connectivity index (χ3n) is 3.49. The van der Waals surface area contributed by atoms with E-state index in [1.165, 1.54) is 6.92 Å². The average molecular weight is 384 g/mol. The Morgan fingerprint density at radius 2 is 1.88 bits per heavy atom. The number of rotatable bonds is 3. The van der Waals surface area contributed by atoms with Crippen LogP contribution in [0.1, 0.15) is 17.3 Å². The van der Waals surface area contributed by atoms with E-state index in [0.717, 1.165) is 9.86 Å². The van der Waals surface area contributed by atoms with E-state index in [0.29, 0.717) is 22.5 Å². The van der Waals surface area contributed by atoms with Gasteiger partial charge in [0.15, 0.2) is 5.78 Å². The second kappa shape index (κ2) is 6.80. The van der Waals surface area contributed by atoms with Crippen LogP contribution in [0.25, 0.3) is 10.9 Å². The number of Topliss-reactive ketones (excluding diaryl/α,β-unsaturated/α-hetero) is 1. The van der Waals surface area contributed by atoms with E-state index in [9.17, 15) is 9.59 Å². The molecule has 6 heteroatoms. The lowest BCUT2D eigenvalue weighted by Crippen LogP contribution is -2.19. The molecule has 2 amide bonds. The lowest BCUT2D eigenvalue weighted by atomic mass is 10.1. The van der Waals surface area contributed by atoms with Crippen LogP contribution < -0.4 is 10.6 Å². The number of hydrogen-bond acceptors (Lipinski definition) is 3. The van der Waals surface area contributed by atoms with E-state index >= 15 is 0 Å². The Kier molecular flexibility index (Phi) is 4.57. The van der Waals surface area contributed by atoms with Gasteiger partial charge in [-0.25, -0.2) is 4.79 Å². The van der Waals surface area contributed by atoms with E-state index in [4.69, 9.17) is 0 Å². The van der Waals surface area contributed by atoms with Crippen molar-refractivity contribution in [2.45, 2.75) is 6.92 Å². The van der Waals surface area contributed by atoms with Gasteiger partial charge in [0.1, 0.15) is 0 Å². The van der Waals surface area contributed by atoms with Crippen LogP contribution in [0.4, 0.5) is 16.2 Å². The summed E-state index contributed by atoms with van der Waals surface area (Å²) in [7, 11) is 0. The molecule has 1 heterocycles. The Labute approximate surface area is 147 Å². The molecular formula is C18H14BrN3O2. The summed E-state index contributed by atoms with van der Waals surface area (Å²) in [6, 6.07) is 13.8. The van der Waals surface area contributed by atoms with Gasteiger partial charge in [-0.3, -0.25) is 9.78 Å². The molecule has 0 bridgehead atoms. The van der Waals surface area contributed by atoms with Gasteiger partial charge in [-0.2, -0.15) is 0 Å². The molecule has 24 heavy (non-hydrogen) atoms. The lowest BCUT2D eigenvalue weighted by molar-refractivity contribution is 0.101. The fourth-order valence-electron chi connectivity index (χ4n) is 2.34. The number of nitrogens with zero attached hydrogens (tertiary/aromatic N) is 1. The van der Waals surface area contributed by atoms with E-state index in [2.05, 4.69) is 31.5 Å². The quantitative estimate of drug-likeness (QED) is 0.635. The Balaban J connectivity index is 1.82. The van der Waals surface area contributed by atoms with Crippen molar-refractivity contribution in [3.05, 3.63) is 64.8 Å². The van der Waals surface area contributed by atoms with E-state index in [1.807, 2.05) is 18.2 Å². The van der Waals surface area contributed by atoms with Crippen LogP contribution in [0.3, 0.4) is 0 Å². The molecule has 0 aliphatic rings. The first-order chi connectivity index (χ1) is 11.5. The summed E-state index contributed by atoms with van der Waals surface area (Å²) in [6.07, 6.45) is 1.67. The minimum atomic E-state index is -0.398. The lowest BCUT2D eigenvalue weighted by Gasteiger charge is -2.11. The maximum Gasteiger partial charge on any atom is 0.323 e. The number of hydrogen-bond donors (Lipinski definition) is 2. The zero-order valence-corrected chi connectivity index (χ0v) is 14.4. The minimum Gasteiger partial charge on any atom is -0.308 e. The van der Waals surface area contributed by atoms with Gasteiger partial charge in [-0.05, 0) is 37.3 Å². The van der Waals surface area contributed by atoms with Gasteiger partial charge in [0, 0.05) is 27.3 Å². The number of benzene rings is 2. The molecule has 0 aliphatic heterocycles. The van der Waals surface area contributed by atoms with Gasteiger partial charge < -0.3 is 10.6 Å². The van der Waals surface area contributed by atoms with Gasteiger partial charge in [-0.15, -0.1) is 0 Å². The SMILES string of the molecule is CC(=O)c1cccc(NC(=O)Nc2ccc(Br)c3cccnc23)c1.